The Morgan fingerprint density at radius 2 is 2.00 bits per heavy atom. The third-order valence-electron chi connectivity index (χ3n) is 5.08. The number of hydrogen-bond donors (Lipinski definition) is 0. The molecule has 3 heterocycles. The van der Waals surface area contributed by atoms with E-state index in [9.17, 15) is 4.39 Å². The Morgan fingerprint density at radius 1 is 1.07 bits per heavy atom. The molecule has 5 nitrogen and oxygen atoms in total. The molecular formula is C22H18ClFN4O. The fourth-order valence-electron chi connectivity index (χ4n) is 3.72. The Bertz CT molecular complexity index is 1190. The lowest BCUT2D eigenvalue weighted by Crippen LogP contribution is -2.19. The lowest BCUT2D eigenvalue weighted by atomic mass is 10.2. The van der Waals surface area contributed by atoms with Crippen LogP contribution in [-0.2, 0) is 13.2 Å². The number of nitrogens with zero attached hydrogens (tertiary/aromatic N) is 4. The second-order valence-corrected chi connectivity index (χ2v) is 7.39. The van der Waals surface area contributed by atoms with E-state index in [-0.39, 0.29) is 12.4 Å². The molecule has 0 radical (unpaired) electrons. The molecule has 4 aromatic rings. The van der Waals surface area contributed by atoms with Crippen LogP contribution in [0.4, 0.5) is 15.9 Å². The van der Waals surface area contributed by atoms with Gasteiger partial charge in [-0.3, -0.25) is 0 Å². The van der Waals surface area contributed by atoms with Crippen LogP contribution in [0.5, 0.6) is 5.75 Å². The smallest absolute Gasteiger partial charge is 0.161 e. The van der Waals surface area contributed by atoms with Crippen LogP contribution in [0.3, 0.4) is 0 Å². The SMILES string of the molecule is Fc1cccc(COc2ccc(N3CCCn4ccc5ncnc3c54)cc2Cl)c1. The molecule has 2 aromatic carbocycles. The van der Waals surface area contributed by atoms with Gasteiger partial charge in [0.15, 0.2) is 5.82 Å². The fraction of sp³-hybridized carbons (Fsp3) is 0.182. The van der Waals surface area contributed by atoms with Crippen molar-refractivity contribution in [3.8, 4) is 5.75 Å². The summed E-state index contributed by atoms with van der Waals surface area (Å²) >= 11 is 6.51. The molecule has 0 unspecified atom stereocenters. The van der Waals surface area contributed by atoms with E-state index >= 15 is 0 Å². The third-order valence-corrected chi connectivity index (χ3v) is 5.37. The van der Waals surface area contributed by atoms with E-state index < -0.39 is 0 Å². The summed E-state index contributed by atoms with van der Waals surface area (Å²) in [4.78, 5) is 11.1. The molecule has 0 aliphatic carbocycles. The largest absolute Gasteiger partial charge is 0.487 e. The topological polar surface area (TPSA) is 43.2 Å². The number of hydrogen-bond acceptors (Lipinski definition) is 4. The minimum absolute atomic E-state index is 0.251. The molecule has 0 saturated carbocycles. The summed E-state index contributed by atoms with van der Waals surface area (Å²) in [7, 11) is 0. The number of aromatic nitrogens is 3. The van der Waals surface area contributed by atoms with Crippen LogP contribution in [0.2, 0.25) is 5.02 Å². The molecule has 0 atom stereocenters. The molecule has 7 heteroatoms. The van der Waals surface area contributed by atoms with Crippen molar-refractivity contribution in [2.75, 3.05) is 11.4 Å². The summed E-state index contributed by atoms with van der Waals surface area (Å²) in [6.07, 6.45) is 4.64. The molecule has 0 amide bonds. The Kier molecular flexibility index (Phi) is 4.56. The predicted molar refractivity (Wildman–Crippen MR) is 111 cm³/mol. The average Bonchev–Trinajstić information content (AvgIpc) is 3.04. The molecule has 146 valence electrons. The van der Waals surface area contributed by atoms with Gasteiger partial charge in [0.2, 0.25) is 0 Å². The Morgan fingerprint density at radius 3 is 2.86 bits per heavy atom. The maximum atomic E-state index is 13.3. The molecule has 1 aliphatic heterocycles. The van der Waals surface area contributed by atoms with E-state index in [1.165, 1.54) is 12.1 Å². The van der Waals surface area contributed by atoms with Gasteiger partial charge in [0.1, 0.15) is 30.0 Å². The Balaban J connectivity index is 1.43. The molecular weight excluding hydrogens is 391 g/mol. The van der Waals surface area contributed by atoms with Gasteiger partial charge in [-0.05, 0) is 48.4 Å². The number of rotatable bonds is 4. The maximum absolute atomic E-state index is 13.3. The van der Waals surface area contributed by atoms with Crippen LogP contribution in [-0.4, -0.2) is 21.1 Å². The van der Waals surface area contributed by atoms with E-state index in [4.69, 9.17) is 16.3 Å². The molecule has 29 heavy (non-hydrogen) atoms. The van der Waals surface area contributed by atoms with E-state index in [1.807, 2.05) is 30.3 Å². The monoisotopic (exact) mass is 408 g/mol. The first-order valence-corrected chi connectivity index (χ1v) is 9.81. The molecule has 0 spiro atoms. The average molecular weight is 409 g/mol. The highest BCUT2D eigenvalue weighted by Gasteiger charge is 2.21. The Labute approximate surface area is 172 Å². The van der Waals surface area contributed by atoms with Crippen LogP contribution >= 0.6 is 11.6 Å². The second-order valence-electron chi connectivity index (χ2n) is 6.98. The van der Waals surface area contributed by atoms with Crippen molar-refractivity contribution in [3.63, 3.8) is 0 Å². The summed E-state index contributed by atoms with van der Waals surface area (Å²) in [6.45, 7) is 2.00. The summed E-state index contributed by atoms with van der Waals surface area (Å²) in [5, 5.41) is 0.504. The number of anilines is 2. The minimum Gasteiger partial charge on any atom is -0.487 e. The first kappa shape index (κ1) is 17.9. The van der Waals surface area contributed by atoms with Crippen LogP contribution in [0.1, 0.15) is 12.0 Å². The van der Waals surface area contributed by atoms with Crippen molar-refractivity contribution < 1.29 is 9.13 Å². The van der Waals surface area contributed by atoms with Gasteiger partial charge in [-0.25, -0.2) is 14.4 Å². The lowest BCUT2D eigenvalue weighted by Gasteiger charge is -2.23. The van der Waals surface area contributed by atoms with Crippen molar-refractivity contribution in [2.45, 2.75) is 19.6 Å². The molecule has 0 fully saturated rings. The minimum atomic E-state index is -0.283. The van der Waals surface area contributed by atoms with E-state index in [0.29, 0.717) is 10.8 Å². The number of halogens is 2. The zero-order valence-corrected chi connectivity index (χ0v) is 16.3. The molecule has 5 rings (SSSR count). The fourth-order valence-corrected chi connectivity index (χ4v) is 3.95. The van der Waals surface area contributed by atoms with Gasteiger partial charge in [0.25, 0.3) is 0 Å². The van der Waals surface area contributed by atoms with Crippen LogP contribution < -0.4 is 9.64 Å². The zero-order chi connectivity index (χ0) is 19.8. The van der Waals surface area contributed by atoms with E-state index in [2.05, 4.69) is 25.6 Å². The van der Waals surface area contributed by atoms with Gasteiger partial charge in [0.05, 0.1) is 10.5 Å². The normalized spacial score (nSPS) is 13.5. The standard InChI is InChI=1S/C22H18ClFN4O/c23-18-12-17(5-6-20(18)29-13-15-3-1-4-16(24)11-15)28-9-2-8-27-10-7-19-21(27)22(28)26-14-25-19/h1,3-7,10-12,14H,2,8-9,13H2. The number of benzene rings is 2. The zero-order valence-electron chi connectivity index (χ0n) is 15.6. The van der Waals surface area contributed by atoms with Crippen molar-refractivity contribution in [1.82, 2.24) is 14.5 Å². The Hall–Kier alpha value is -3.12. The third kappa shape index (κ3) is 3.40. The summed E-state index contributed by atoms with van der Waals surface area (Å²) in [5.74, 6) is 1.15. The maximum Gasteiger partial charge on any atom is 0.161 e. The predicted octanol–water partition coefficient (Wildman–Crippen LogP) is 5.34. The highest BCUT2D eigenvalue weighted by Crippen LogP contribution is 2.36. The van der Waals surface area contributed by atoms with Crippen molar-refractivity contribution >= 4 is 34.1 Å². The van der Waals surface area contributed by atoms with Crippen molar-refractivity contribution in [2.24, 2.45) is 0 Å². The van der Waals surface area contributed by atoms with Crippen LogP contribution in [0.25, 0.3) is 11.0 Å². The van der Waals surface area contributed by atoms with Crippen molar-refractivity contribution in [1.29, 1.82) is 0 Å². The highest BCUT2D eigenvalue weighted by atomic mass is 35.5. The number of aryl methyl sites for hydroxylation is 1. The summed E-state index contributed by atoms with van der Waals surface area (Å²) in [6, 6.07) is 14.1. The molecule has 0 N–H and O–H groups in total. The van der Waals surface area contributed by atoms with Gasteiger partial charge in [-0.2, -0.15) is 0 Å². The molecule has 2 aromatic heterocycles. The highest BCUT2D eigenvalue weighted by molar-refractivity contribution is 6.32. The van der Waals surface area contributed by atoms with Crippen LogP contribution in [0.15, 0.2) is 61.1 Å². The molecule has 0 bridgehead atoms. The first-order chi connectivity index (χ1) is 14.2. The second kappa shape index (κ2) is 7.37. The van der Waals surface area contributed by atoms with Crippen LogP contribution in [0, 0.1) is 5.82 Å². The van der Waals surface area contributed by atoms with Crippen molar-refractivity contribution in [3.05, 3.63) is 77.5 Å². The van der Waals surface area contributed by atoms with Gasteiger partial charge in [0, 0.05) is 25.0 Å². The quantitative estimate of drug-likeness (QED) is 0.457. The van der Waals surface area contributed by atoms with Gasteiger partial charge in [-0.15, -0.1) is 0 Å². The van der Waals surface area contributed by atoms with Gasteiger partial charge in [-0.1, -0.05) is 23.7 Å². The van der Waals surface area contributed by atoms with Gasteiger partial charge >= 0.3 is 0 Å². The summed E-state index contributed by atoms with van der Waals surface area (Å²) < 4.78 is 21.3. The number of ether oxygens (including phenoxy) is 1. The summed E-state index contributed by atoms with van der Waals surface area (Å²) in [5.41, 5.74) is 3.67. The molecule has 1 aliphatic rings. The van der Waals surface area contributed by atoms with E-state index in [0.717, 1.165) is 47.6 Å². The van der Waals surface area contributed by atoms with Gasteiger partial charge < -0.3 is 14.2 Å². The first-order valence-electron chi connectivity index (χ1n) is 9.43. The van der Waals surface area contributed by atoms with E-state index in [1.54, 1.807) is 12.4 Å². The lowest BCUT2D eigenvalue weighted by molar-refractivity contribution is 0.306. The molecule has 0 saturated heterocycles.